The van der Waals surface area contributed by atoms with E-state index in [0.29, 0.717) is 12.0 Å². The molecule has 7 heteroatoms. The highest BCUT2D eigenvalue weighted by Gasteiger charge is 2.42. The molecular formula is C19H29N3O4. The molecule has 0 radical (unpaired) electrons. The molecule has 2 rings (SSSR count). The second kappa shape index (κ2) is 7.60. The molecule has 1 aromatic rings. The Kier molecular flexibility index (Phi) is 5.88. The fraction of sp³-hybridized carbons (Fsp3) is 0.684. The van der Waals surface area contributed by atoms with Crippen molar-refractivity contribution < 1.29 is 9.85 Å². The Morgan fingerprint density at radius 1 is 1.19 bits per heavy atom. The number of nitro benzene ring substituents is 2. The number of anilines is 1. The van der Waals surface area contributed by atoms with E-state index < -0.39 is 9.85 Å². The van der Waals surface area contributed by atoms with Crippen molar-refractivity contribution in [3.63, 3.8) is 0 Å². The highest BCUT2D eigenvalue weighted by molar-refractivity contribution is 5.79. The number of nitrogens with one attached hydrogen (secondary N) is 1. The van der Waals surface area contributed by atoms with Gasteiger partial charge in [0.05, 0.1) is 9.85 Å². The van der Waals surface area contributed by atoms with E-state index in [4.69, 9.17) is 0 Å². The molecule has 0 aromatic heterocycles. The maximum atomic E-state index is 12.0. The molecule has 0 spiro atoms. The number of rotatable bonds is 7. The van der Waals surface area contributed by atoms with E-state index in [9.17, 15) is 20.2 Å². The summed E-state index contributed by atoms with van der Waals surface area (Å²) in [5.74, 6) is 0.235. The molecule has 0 amide bonds. The number of fused-ring (bicyclic) bond motifs is 1. The van der Waals surface area contributed by atoms with Gasteiger partial charge in [-0.25, -0.2) is 0 Å². The smallest absolute Gasteiger partial charge is 0.302 e. The van der Waals surface area contributed by atoms with Gasteiger partial charge in [0.2, 0.25) is 0 Å². The molecule has 0 aliphatic heterocycles. The van der Waals surface area contributed by atoms with Crippen molar-refractivity contribution in [2.45, 2.75) is 78.2 Å². The predicted octanol–water partition coefficient (Wildman–Crippen LogP) is 5.35. The van der Waals surface area contributed by atoms with E-state index in [1.54, 1.807) is 6.07 Å². The monoisotopic (exact) mass is 363 g/mol. The molecule has 1 N–H and O–H groups in total. The SMILES string of the molecule is CCC(CC)Nc1c([N+](=O)[O-])cc2c(c1[N+](=O)[O-])CCCC2(C)C(C)C. The van der Waals surface area contributed by atoms with Gasteiger partial charge in [-0.3, -0.25) is 20.2 Å². The van der Waals surface area contributed by atoms with Gasteiger partial charge in [-0.1, -0.05) is 34.6 Å². The van der Waals surface area contributed by atoms with Crippen LogP contribution < -0.4 is 5.32 Å². The Morgan fingerprint density at radius 3 is 2.27 bits per heavy atom. The maximum Gasteiger partial charge on any atom is 0.302 e. The third kappa shape index (κ3) is 3.39. The van der Waals surface area contributed by atoms with Crippen molar-refractivity contribution in [1.82, 2.24) is 0 Å². The minimum Gasteiger partial charge on any atom is -0.371 e. The predicted molar refractivity (Wildman–Crippen MR) is 103 cm³/mol. The first-order valence-electron chi connectivity index (χ1n) is 9.42. The fourth-order valence-corrected chi connectivity index (χ4v) is 4.01. The van der Waals surface area contributed by atoms with Crippen LogP contribution in [0.25, 0.3) is 0 Å². The quantitative estimate of drug-likeness (QED) is 0.520. The third-order valence-electron chi connectivity index (χ3n) is 6.11. The molecular weight excluding hydrogens is 334 g/mol. The molecule has 1 aliphatic carbocycles. The van der Waals surface area contributed by atoms with Gasteiger partial charge in [0.15, 0.2) is 5.69 Å². The second-order valence-corrected chi connectivity index (χ2v) is 7.74. The molecule has 144 valence electrons. The molecule has 26 heavy (non-hydrogen) atoms. The van der Waals surface area contributed by atoms with Crippen LogP contribution >= 0.6 is 0 Å². The van der Waals surface area contributed by atoms with Crippen molar-refractivity contribution in [3.8, 4) is 0 Å². The molecule has 0 fully saturated rings. The van der Waals surface area contributed by atoms with E-state index >= 15 is 0 Å². The van der Waals surface area contributed by atoms with Gasteiger partial charge in [0, 0.05) is 17.7 Å². The minimum absolute atomic E-state index is 0.0366. The van der Waals surface area contributed by atoms with Gasteiger partial charge < -0.3 is 5.32 Å². The van der Waals surface area contributed by atoms with Crippen LogP contribution in [0.2, 0.25) is 0 Å². The zero-order chi connectivity index (χ0) is 19.6. The molecule has 0 saturated carbocycles. The lowest BCUT2D eigenvalue weighted by Gasteiger charge is -2.39. The van der Waals surface area contributed by atoms with Gasteiger partial charge in [-0.05, 0) is 49.0 Å². The van der Waals surface area contributed by atoms with Crippen LogP contribution in [-0.2, 0) is 11.8 Å². The van der Waals surface area contributed by atoms with E-state index in [1.165, 1.54) is 0 Å². The van der Waals surface area contributed by atoms with Crippen molar-refractivity contribution in [3.05, 3.63) is 37.4 Å². The summed E-state index contributed by atoms with van der Waals surface area (Å²) in [7, 11) is 0. The lowest BCUT2D eigenvalue weighted by atomic mass is 9.64. The zero-order valence-electron chi connectivity index (χ0n) is 16.3. The average Bonchev–Trinajstić information content (AvgIpc) is 2.58. The molecule has 7 nitrogen and oxygen atoms in total. The Bertz CT molecular complexity index is 713. The largest absolute Gasteiger partial charge is 0.371 e. The van der Waals surface area contributed by atoms with Crippen LogP contribution in [0.15, 0.2) is 6.07 Å². The lowest BCUT2D eigenvalue weighted by molar-refractivity contribution is -0.393. The van der Waals surface area contributed by atoms with Gasteiger partial charge >= 0.3 is 5.69 Å². The Hall–Kier alpha value is -2.18. The van der Waals surface area contributed by atoms with Crippen LogP contribution in [0.4, 0.5) is 17.1 Å². The van der Waals surface area contributed by atoms with Crippen LogP contribution in [0.5, 0.6) is 0 Å². The summed E-state index contributed by atoms with van der Waals surface area (Å²) >= 11 is 0. The number of nitro groups is 2. The Balaban J connectivity index is 2.81. The topological polar surface area (TPSA) is 98.3 Å². The van der Waals surface area contributed by atoms with Crippen LogP contribution in [0, 0.1) is 26.1 Å². The minimum atomic E-state index is -0.493. The molecule has 1 aliphatic rings. The molecule has 0 heterocycles. The highest BCUT2D eigenvalue weighted by atomic mass is 16.6. The molecule has 0 saturated heterocycles. The highest BCUT2D eigenvalue weighted by Crippen LogP contribution is 2.50. The number of benzene rings is 1. The van der Waals surface area contributed by atoms with Crippen molar-refractivity contribution in [2.24, 2.45) is 5.92 Å². The first kappa shape index (κ1) is 20.1. The summed E-state index contributed by atoms with van der Waals surface area (Å²) in [6.45, 7) is 10.1. The second-order valence-electron chi connectivity index (χ2n) is 7.74. The van der Waals surface area contributed by atoms with Gasteiger partial charge in [0.25, 0.3) is 5.69 Å². The molecule has 1 atom stereocenters. The van der Waals surface area contributed by atoms with E-state index in [0.717, 1.165) is 31.2 Å². The summed E-state index contributed by atoms with van der Waals surface area (Å²) in [6.07, 6.45) is 3.80. The van der Waals surface area contributed by atoms with Crippen molar-refractivity contribution in [1.29, 1.82) is 0 Å². The number of nitrogens with zero attached hydrogens (tertiary/aromatic N) is 2. The van der Waals surface area contributed by atoms with Crippen LogP contribution in [0.1, 0.15) is 71.4 Å². The molecule has 1 unspecified atom stereocenters. The van der Waals surface area contributed by atoms with Crippen molar-refractivity contribution in [2.75, 3.05) is 5.32 Å². The average molecular weight is 363 g/mol. The summed E-state index contributed by atoms with van der Waals surface area (Å²) in [6, 6.07) is 1.55. The first-order chi connectivity index (χ1) is 12.2. The fourth-order valence-electron chi connectivity index (χ4n) is 4.01. The first-order valence-corrected chi connectivity index (χ1v) is 9.42. The third-order valence-corrected chi connectivity index (χ3v) is 6.11. The zero-order valence-corrected chi connectivity index (χ0v) is 16.3. The molecule has 1 aromatic carbocycles. The van der Waals surface area contributed by atoms with Crippen LogP contribution in [0.3, 0.4) is 0 Å². The summed E-state index contributed by atoms with van der Waals surface area (Å²) < 4.78 is 0. The normalized spacial score (nSPS) is 19.5. The van der Waals surface area contributed by atoms with Crippen LogP contribution in [-0.4, -0.2) is 15.9 Å². The molecule has 0 bridgehead atoms. The van der Waals surface area contributed by atoms with Crippen molar-refractivity contribution >= 4 is 17.1 Å². The van der Waals surface area contributed by atoms with E-state index in [1.807, 2.05) is 13.8 Å². The summed E-state index contributed by atoms with van der Waals surface area (Å²) in [5, 5.41) is 26.8. The van der Waals surface area contributed by atoms with Gasteiger partial charge in [-0.2, -0.15) is 0 Å². The standard InChI is InChI=1S/C19H29N3O4/c1-6-13(7-2)20-17-16(21(23)24)11-15-14(18(17)22(25)26)9-8-10-19(15,5)12(3)4/h11-13,20H,6-10H2,1-5H3. The summed E-state index contributed by atoms with van der Waals surface area (Å²) in [5.41, 5.74) is 0.921. The number of hydrogen-bond donors (Lipinski definition) is 1. The number of hydrogen-bond acceptors (Lipinski definition) is 5. The Morgan fingerprint density at radius 2 is 1.81 bits per heavy atom. The summed E-state index contributed by atoms with van der Waals surface area (Å²) in [4.78, 5) is 22.8. The van der Waals surface area contributed by atoms with E-state index in [2.05, 4.69) is 26.1 Å². The maximum absolute atomic E-state index is 12.0. The van der Waals surface area contributed by atoms with Gasteiger partial charge in [0.1, 0.15) is 0 Å². The van der Waals surface area contributed by atoms with Gasteiger partial charge in [-0.15, -0.1) is 0 Å². The van der Waals surface area contributed by atoms with E-state index in [-0.39, 0.29) is 34.4 Å². The Labute approximate surface area is 154 Å². The lowest BCUT2D eigenvalue weighted by Crippen LogP contribution is -2.34.